The van der Waals surface area contributed by atoms with Crippen LogP contribution in [0.15, 0.2) is 18.2 Å². The Morgan fingerprint density at radius 1 is 1.32 bits per heavy atom. The highest BCUT2D eigenvalue weighted by Crippen LogP contribution is 2.27. The molecule has 0 aliphatic carbocycles. The second kappa shape index (κ2) is 6.21. The third-order valence-corrected chi connectivity index (χ3v) is 4.38. The van der Waals surface area contributed by atoms with E-state index in [1.165, 1.54) is 13.0 Å². The fraction of sp³-hybridized carbons (Fsp3) is 0.600. The molecule has 4 heteroatoms. The van der Waals surface area contributed by atoms with Gasteiger partial charge in [0.1, 0.15) is 5.82 Å². The number of nitrogens with zero attached hydrogens (tertiary/aromatic N) is 1. The van der Waals surface area contributed by atoms with Crippen molar-refractivity contribution in [1.82, 2.24) is 10.2 Å². The molecule has 19 heavy (non-hydrogen) atoms. The topological polar surface area (TPSA) is 15.3 Å². The molecule has 2 atom stereocenters. The van der Waals surface area contributed by atoms with Gasteiger partial charge >= 0.3 is 0 Å². The van der Waals surface area contributed by atoms with Crippen molar-refractivity contribution in [3.8, 4) is 0 Å². The fourth-order valence-electron chi connectivity index (χ4n) is 3.32. The molecular formula is C15H22ClFN2. The van der Waals surface area contributed by atoms with Crippen molar-refractivity contribution in [3.63, 3.8) is 0 Å². The van der Waals surface area contributed by atoms with Crippen LogP contribution in [0.2, 0.25) is 0 Å². The molecule has 0 amide bonds. The normalized spacial score (nSPS) is 26.8. The van der Waals surface area contributed by atoms with E-state index < -0.39 is 0 Å². The standard InChI is InChI=1S/C15H21FN2.ClH/c1-11-2-3-15(16)13(6-11)9-18-5-4-12-7-17-8-14(12)10-18;/h2-3,6,12,14,17H,4-5,7-10H2,1H3;1H. The van der Waals surface area contributed by atoms with Gasteiger partial charge in [0.25, 0.3) is 0 Å². The predicted molar refractivity (Wildman–Crippen MR) is 78.1 cm³/mol. The maximum Gasteiger partial charge on any atom is 0.127 e. The molecule has 2 aliphatic rings. The summed E-state index contributed by atoms with van der Waals surface area (Å²) < 4.78 is 13.8. The van der Waals surface area contributed by atoms with E-state index in [1.807, 2.05) is 19.1 Å². The third-order valence-electron chi connectivity index (χ3n) is 4.38. The summed E-state index contributed by atoms with van der Waals surface area (Å²) in [4.78, 5) is 2.41. The van der Waals surface area contributed by atoms with Crippen LogP contribution in [0.1, 0.15) is 17.5 Å². The average Bonchev–Trinajstić information content (AvgIpc) is 2.81. The lowest BCUT2D eigenvalue weighted by atomic mass is 9.88. The van der Waals surface area contributed by atoms with Crippen LogP contribution in [0.5, 0.6) is 0 Å². The maximum absolute atomic E-state index is 13.8. The van der Waals surface area contributed by atoms with Crippen molar-refractivity contribution in [1.29, 1.82) is 0 Å². The van der Waals surface area contributed by atoms with Crippen molar-refractivity contribution in [2.45, 2.75) is 19.9 Å². The Balaban J connectivity index is 0.00000133. The predicted octanol–water partition coefficient (Wildman–Crippen LogP) is 2.60. The van der Waals surface area contributed by atoms with Gasteiger partial charge < -0.3 is 5.32 Å². The quantitative estimate of drug-likeness (QED) is 0.898. The molecule has 2 aliphatic heterocycles. The van der Waals surface area contributed by atoms with Crippen molar-refractivity contribution in [3.05, 3.63) is 35.1 Å². The molecule has 2 heterocycles. The van der Waals surface area contributed by atoms with E-state index in [0.29, 0.717) is 0 Å². The molecule has 2 unspecified atom stereocenters. The van der Waals surface area contributed by atoms with Crippen LogP contribution < -0.4 is 5.32 Å². The summed E-state index contributed by atoms with van der Waals surface area (Å²) in [5, 5.41) is 3.47. The lowest BCUT2D eigenvalue weighted by Gasteiger charge is -2.34. The Morgan fingerprint density at radius 3 is 2.95 bits per heavy atom. The van der Waals surface area contributed by atoms with Gasteiger partial charge in [-0.15, -0.1) is 12.4 Å². The highest BCUT2D eigenvalue weighted by atomic mass is 35.5. The molecule has 106 valence electrons. The molecule has 0 saturated carbocycles. The number of benzene rings is 1. The van der Waals surface area contributed by atoms with E-state index in [9.17, 15) is 4.39 Å². The maximum atomic E-state index is 13.8. The van der Waals surface area contributed by atoms with E-state index in [4.69, 9.17) is 0 Å². The number of hydrogen-bond acceptors (Lipinski definition) is 2. The number of hydrogen-bond donors (Lipinski definition) is 1. The average molecular weight is 285 g/mol. The minimum absolute atomic E-state index is 0. The second-order valence-electron chi connectivity index (χ2n) is 5.80. The Morgan fingerprint density at radius 2 is 2.11 bits per heavy atom. The van der Waals surface area contributed by atoms with Crippen LogP contribution >= 0.6 is 12.4 Å². The van der Waals surface area contributed by atoms with Crippen molar-refractivity contribution >= 4 is 12.4 Å². The van der Waals surface area contributed by atoms with Gasteiger partial charge in [0.2, 0.25) is 0 Å². The van der Waals surface area contributed by atoms with E-state index in [2.05, 4.69) is 10.2 Å². The van der Waals surface area contributed by atoms with Crippen LogP contribution in [0.25, 0.3) is 0 Å². The number of rotatable bonds is 2. The van der Waals surface area contributed by atoms with Crippen LogP contribution in [-0.2, 0) is 6.54 Å². The van der Waals surface area contributed by atoms with Gasteiger partial charge in [0.05, 0.1) is 0 Å². The van der Waals surface area contributed by atoms with Crippen molar-refractivity contribution in [2.24, 2.45) is 11.8 Å². The second-order valence-corrected chi connectivity index (χ2v) is 5.80. The van der Waals surface area contributed by atoms with Gasteiger partial charge in [0.15, 0.2) is 0 Å². The van der Waals surface area contributed by atoms with Gasteiger partial charge in [-0.25, -0.2) is 4.39 Å². The van der Waals surface area contributed by atoms with Gasteiger partial charge in [-0.3, -0.25) is 4.90 Å². The Labute approximate surface area is 120 Å². The van der Waals surface area contributed by atoms with Crippen LogP contribution in [0.3, 0.4) is 0 Å². The summed E-state index contributed by atoms with van der Waals surface area (Å²) in [5.41, 5.74) is 1.99. The van der Waals surface area contributed by atoms with E-state index in [0.717, 1.165) is 49.1 Å². The summed E-state index contributed by atoms with van der Waals surface area (Å²) in [6.07, 6.45) is 1.26. The van der Waals surface area contributed by atoms with Crippen LogP contribution in [0.4, 0.5) is 4.39 Å². The minimum atomic E-state index is -0.0627. The zero-order chi connectivity index (χ0) is 12.5. The zero-order valence-corrected chi connectivity index (χ0v) is 12.2. The molecule has 2 saturated heterocycles. The lowest BCUT2D eigenvalue weighted by molar-refractivity contribution is 0.141. The van der Waals surface area contributed by atoms with E-state index in [1.54, 1.807) is 6.07 Å². The van der Waals surface area contributed by atoms with Gasteiger partial charge in [0, 0.05) is 18.7 Å². The number of aryl methyl sites for hydroxylation is 1. The van der Waals surface area contributed by atoms with Crippen molar-refractivity contribution < 1.29 is 4.39 Å². The summed E-state index contributed by atoms with van der Waals surface area (Å²) in [6.45, 7) is 7.32. The van der Waals surface area contributed by atoms with Gasteiger partial charge in [-0.05, 0) is 50.9 Å². The molecule has 0 radical (unpaired) electrons. The first kappa shape index (κ1) is 14.8. The first-order valence-corrected chi connectivity index (χ1v) is 6.90. The molecule has 0 spiro atoms. The highest BCUT2D eigenvalue weighted by molar-refractivity contribution is 5.85. The number of fused-ring (bicyclic) bond motifs is 1. The molecule has 0 bridgehead atoms. The van der Waals surface area contributed by atoms with E-state index in [-0.39, 0.29) is 18.2 Å². The third kappa shape index (κ3) is 3.28. The minimum Gasteiger partial charge on any atom is -0.316 e. The van der Waals surface area contributed by atoms with Gasteiger partial charge in [-0.2, -0.15) is 0 Å². The highest BCUT2D eigenvalue weighted by Gasteiger charge is 2.32. The lowest BCUT2D eigenvalue weighted by Crippen LogP contribution is -2.39. The first-order valence-electron chi connectivity index (χ1n) is 6.90. The van der Waals surface area contributed by atoms with Crippen LogP contribution in [-0.4, -0.2) is 31.1 Å². The van der Waals surface area contributed by atoms with Crippen molar-refractivity contribution in [2.75, 3.05) is 26.2 Å². The first-order chi connectivity index (χ1) is 8.72. The number of likely N-dealkylation sites (tertiary alicyclic amines) is 1. The summed E-state index contributed by atoms with van der Waals surface area (Å²) >= 11 is 0. The molecular weight excluding hydrogens is 263 g/mol. The van der Waals surface area contributed by atoms with E-state index >= 15 is 0 Å². The molecule has 2 nitrogen and oxygen atoms in total. The summed E-state index contributed by atoms with van der Waals surface area (Å²) in [5.74, 6) is 1.56. The summed E-state index contributed by atoms with van der Waals surface area (Å²) in [7, 11) is 0. The number of nitrogens with one attached hydrogen (secondary N) is 1. The molecule has 1 N–H and O–H groups in total. The number of halogens is 2. The van der Waals surface area contributed by atoms with Gasteiger partial charge in [-0.1, -0.05) is 17.7 Å². The smallest absolute Gasteiger partial charge is 0.127 e. The monoisotopic (exact) mass is 284 g/mol. The molecule has 2 fully saturated rings. The Kier molecular flexibility index (Phi) is 4.82. The summed E-state index contributed by atoms with van der Waals surface area (Å²) in [6, 6.07) is 5.41. The van der Waals surface area contributed by atoms with Crippen LogP contribution in [0, 0.1) is 24.6 Å². The SMILES string of the molecule is Cc1ccc(F)c(CN2CCC3CNCC3C2)c1.Cl. The largest absolute Gasteiger partial charge is 0.316 e. The molecule has 3 rings (SSSR count). The fourth-order valence-corrected chi connectivity index (χ4v) is 3.32. The Hall–Kier alpha value is -0.640. The molecule has 0 aromatic heterocycles. The Bertz CT molecular complexity index is 438. The molecule has 1 aromatic carbocycles. The zero-order valence-electron chi connectivity index (χ0n) is 11.4. The molecule has 1 aromatic rings. The number of piperidine rings is 1.